The van der Waals surface area contributed by atoms with Crippen molar-refractivity contribution < 1.29 is 34.4 Å². The van der Waals surface area contributed by atoms with Gasteiger partial charge >= 0.3 is 0 Å². The Morgan fingerprint density at radius 3 is 2.29 bits per heavy atom. The highest BCUT2D eigenvalue weighted by atomic mass is 35.5. The van der Waals surface area contributed by atoms with Crippen LogP contribution in [0.4, 0.5) is 0 Å². The predicted octanol–water partition coefficient (Wildman–Crippen LogP) is 2.20. The molecule has 0 aromatic heterocycles. The highest BCUT2D eigenvalue weighted by Crippen LogP contribution is 2.43. The summed E-state index contributed by atoms with van der Waals surface area (Å²) in [6, 6.07) is 6.95. The molecule has 5 atom stereocenters. The Bertz CT molecular complexity index is 1030. The maximum absolute atomic E-state index is 13.0. The van der Waals surface area contributed by atoms with E-state index in [1.54, 1.807) is 26.0 Å². The van der Waals surface area contributed by atoms with Gasteiger partial charge < -0.3 is 30.5 Å². The highest BCUT2D eigenvalue weighted by molar-refractivity contribution is 6.30. The summed E-state index contributed by atoms with van der Waals surface area (Å²) in [6.07, 6.45) is -2.65. The van der Waals surface area contributed by atoms with Gasteiger partial charge in [-0.2, -0.15) is 0 Å². The monoisotopic (exact) mass is 449 g/mol. The van der Waals surface area contributed by atoms with Gasteiger partial charge in [0.15, 0.2) is 17.9 Å². The molecule has 2 aromatic carbocycles. The maximum Gasteiger partial charge on any atom is 0.198 e. The van der Waals surface area contributed by atoms with Crippen molar-refractivity contribution in [2.24, 2.45) is 5.73 Å². The third-order valence-electron chi connectivity index (χ3n) is 5.72. The number of phenols is 2. The van der Waals surface area contributed by atoms with Crippen LogP contribution in [-0.4, -0.2) is 51.4 Å². The molecule has 4 rings (SSSR count). The molecule has 0 spiro atoms. The maximum atomic E-state index is 13.0. The van der Waals surface area contributed by atoms with Crippen molar-refractivity contribution in [3.05, 3.63) is 58.1 Å². The van der Waals surface area contributed by atoms with Gasteiger partial charge in [0.25, 0.3) is 0 Å². The quantitative estimate of drug-likeness (QED) is 0.446. The molecule has 1 aliphatic heterocycles. The van der Waals surface area contributed by atoms with Gasteiger partial charge in [-0.15, -0.1) is 12.4 Å². The van der Waals surface area contributed by atoms with E-state index in [4.69, 9.17) is 15.2 Å². The minimum Gasteiger partial charge on any atom is -0.507 e. The number of rotatable bonds is 3. The molecule has 2 aliphatic rings. The van der Waals surface area contributed by atoms with Gasteiger partial charge in [-0.05, 0) is 19.9 Å². The number of aliphatic hydroxyl groups excluding tert-OH is 1. The molecule has 1 saturated heterocycles. The summed E-state index contributed by atoms with van der Waals surface area (Å²) in [5.41, 5.74) is 5.94. The lowest BCUT2D eigenvalue weighted by molar-refractivity contribution is -0.238. The molecular weight excluding hydrogens is 426 g/mol. The van der Waals surface area contributed by atoms with E-state index in [9.17, 15) is 24.9 Å². The third-order valence-corrected chi connectivity index (χ3v) is 5.72. The summed E-state index contributed by atoms with van der Waals surface area (Å²) in [7, 11) is 0. The Morgan fingerprint density at radius 2 is 1.71 bits per heavy atom. The minimum absolute atomic E-state index is 0. The molecule has 31 heavy (non-hydrogen) atoms. The van der Waals surface area contributed by atoms with Crippen LogP contribution in [0.1, 0.15) is 63.8 Å². The van der Waals surface area contributed by atoms with E-state index < -0.39 is 53.7 Å². The molecule has 1 aliphatic carbocycles. The summed E-state index contributed by atoms with van der Waals surface area (Å²) in [5.74, 6) is -1.91. The van der Waals surface area contributed by atoms with E-state index in [1.165, 1.54) is 18.2 Å². The number of benzene rings is 2. The fourth-order valence-electron chi connectivity index (χ4n) is 4.06. The van der Waals surface area contributed by atoms with Crippen LogP contribution in [0.25, 0.3) is 0 Å². The van der Waals surface area contributed by atoms with Gasteiger partial charge in [0, 0.05) is 29.2 Å². The van der Waals surface area contributed by atoms with Crippen molar-refractivity contribution in [3.63, 3.8) is 0 Å². The molecule has 9 heteroatoms. The molecule has 0 radical (unpaired) electrons. The molecule has 2 aromatic rings. The molecule has 1 fully saturated rings. The van der Waals surface area contributed by atoms with E-state index in [0.29, 0.717) is 0 Å². The van der Waals surface area contributed by atoms with Gasteiger partial charge in [-0.3, -0.25) is 9.59 Å². The van der Waals surface area contributed by atoms with Crippen molar-refractivity contribution >= 4 is 24.0 Å². The lowest BCUT2D eigenvalue weighted by Crippen LogP contribution is -2.51. The first-order chi connectivity index (χ1) is 14.2. The summed E-state index contributed by atoms with van der Waals surface area (Å²) in [4.78, 5) is 25.8. The van der Waals surface area contributed by atoms with E-state index in [2.05, 4.69) is 0 Å². The molecule has 0 bridgehead atoms. The molecule has 0 saturated carbocycles. The number of hydrogen-bond donors (Lipinski definition) is 4. The number of aromatic hydroxyl groups is 2. The number of phenolic OH excluding ortho intramolecular Hbond substituents is 2. The fraction of sp³-hybridized carbons (Fsp3) is 0.364. The van der Waals surface area contributed by atoms with Gasteiger partial charge in [0.05, 0.1) is 29.4 Å². The third kappa shape index (κ3) is 3.81. The Balaban J connectivity index is 0.00000272. The van der Waals surface area contributed by atoms with Crippen molar-refractivity contribution in [3.8, 4) is 11.5 Å². The number of halogens is 1. The number of carbonyl (C=O) groups is 2. The van der Waals surface area contributed by atoms with E-state index in [0.717, 1.165) is 0 Å². The summed E-state index contributed by atoms with van der Waals surface area (Å²) in [5, 5.41) is 31.3. The Morgan fingerprint density at radius 1 is 1.13 bits per heavy atom. The number of hydrogen-bond acceptors (Lipinski definition) is 8. The first-order valence-corrected chi connectivity index (χ1v) is 9.72. The van der Waals surface area contributed by atoms with Crippen molar-refractivity contribution in [1.82, 2.24) is 0 Å². The zero-order valence-corrected chi connectivity index (χ0v) is 17.8. The number of aliphatic hydroxyl groups is 1. The summed E-state index contributed by atoms with van der Waals surface area (Å²) < 4.78 is 11.5. The second-order valence-electron chi connectivity index (χ2n) is 7.73. The van der Waals surface area contributed by atoms with E-state index in [1.807, 2.05) is 0 Å². The van der Waals surface area contributed by atoms with Crippen LogP contribution in [0, 0.1) is 0 Å². The topological polar surface area (TPSA) is 139 Å². The zero-order chi connectivity index (χ0) is 21.7. The summed E-state index contributed by atoms with van der Waals surface area (Å²) in [6.45, 7) is 3.29. The lowest BCUT2D eigenvalue weighted by Gasteiger charge is -2.37. The van der Waals surface area contributed by atoms with Gasteiger partial charge in [0.2, 0.25) is 0 Å². The first-order valence-electron chi connectivity index (χ1n) is 9.72. The van der Waals surface area contributed by atoms with Crippen LogP contribution >= 0.6 is 12.4 Å². The van der Waals surface area contributed by atoms with Crippen LogP contribution in [-0.2, 0) is 9.47 Å². The zero-order valence-electron chi connectivity index (χ0n) is 16.9. The molecule has 0 unspecified atom stereocenters. The van der Waals surface area contributed by atoms with Gasteiger partial charge in [-0.25, -0.2) is 0 Å². The molecule has 8 nitrogen and oxygen atoms in total. The smallest absolute Gasteiger partial charge is 0.198 e. The fourth-order valence-corrected chi connectivity index (χ4v) is 4.06. The van der Waals surface area contributed by atoms with Crippen LogP contribution in [0.5, 0.6) is 11.5 Å². The van der Waals surface area contributed by atoms with Gasteiger partial charge in [0.1, 0.15) is 11.5 Å². The summed E-state index contributed by atoms with van der Waals surface area (Å²) >= 11 is 0. The minimum atomic E-state index is -0.815. The number of nitrogens with two attached hydrogens (primary N) is 1. The van der Waals surface area contributed by atoms with Crippen molar-refractivity contribution in [2.75, 3.05) is 0 Å². The molecule has 0 amide bonds. The van der Waals surface area contributed by atoms with E-state index >= 15 is 0 Å². The molecule has 1 heterocycles. The first kappa shape index (κ1) is 23.2. The average molecular weight is 450 g/mol. The largest absolute Gasteiger partial charge is 0.507 e. The Labute approximate surface area is 185 Å². The number of carbonyl (C=O) groups excluding carboxylic acids is 2. The highest BCUT2D eigenvalue weighted by Gasteiger charge is 2.38. The van der Waals surface area contributed by atoms with Crippen LogP contribution < -0.4 is 5.73 Å². The van der Waals surface area contributed by atoms with Crippen LogP contribution in [0.15, 0.2) is 30.3 Å². The van der Waals surface area contributed by atoms with Gasteiger partial charge in [-0.1, -0.05) is 24.3 Å². The molecule has 166 valence electrons. The number of ketones is 2. The van der Waals surface area contributed by atoms with Crippen molar-refractivity contribution in [1.29, 1.82) is 0 Å². The Hall–Kier alpha value is -2.49. The SMILES string of the molecule is C[C@H](O[C@H]1C[C@H](N)[C@@H](O)[C@H](C)O1)c1cc(O)c2c(c1O)C(=O)c1ccccc1C2=O.Cl. The van der Waals surface area contributed by atoms with Crippen LogP contribution in [0.3, 0.4) is 0 Å². The second kappa shape index (κ2) is 8.57. The van der Waals surface area contributed by atoms with Crippen LogP contribution in [0.2, 0.25) is 0 Å². The average Bonchev–Trinajstić information content (AvgIpc) is 2.71. The number of fused-ring (bicyclic) bond motifs is 2. The normalized spacial score (nSPS) is 25.9. The van der Waals surface area contributed by atoms with Crippen molar-refractivity contribution in [2.45, 2.75) is 50.9 Å². The second-order valence-corrected chi connectivity index (χ2v) is 7.73. The number of ether oxygens (including phenoxy) is 2. The lowest BCUT2D eigenvalue weighted by atomic mass is 9.81. The Kier molecular flexibility index (Phi) is 6.40. The standard InChI is InChI=1S/C22H23NO7.ClH/c1-9(29-16-8-14(23)19(25)10(2)30-16)13-7-15(24)17-18(22(13)28)21(27)12-6-4-3-5-11(12)20(17)26;/h3-7,9-10,14,16,19,24-25,28H,8,23H2,1-2H3;1H/t9-,10-,14-,16+,19-;/m0./s1. The molecular formula is C22H24ClNO7. The predicted molar refractivity (Wildman–Crippen MR) is 113 cm³/mol. The molecule has 5 N–H and O–H groups in total. The van der Waals surface area contributed by atoms with E-state index in [-0.39, 0.29) is 46.6 Å².